The Morgan fingerprint density at radius 2 is 1.00 bits per heavy atom. The number of hydrogen-bond acceptors (Lipinski definition) is 2. The highest BCUT2D eigenvalue weighted by atomic mass is 15.1. The van der Waals surface area contributed by atoms with Gasteiger partial charge >= 0.3 is 0 Å². The zero-order valence-corrected chi connectivity index (χ0v) is 24.8. The number of anilines is 3. The topological polar surface area (TPSA) is 26.0 Å². The average Bonchev–Trinajstić information content (AvgIpc) is 3.63. The Bertz CT molecular complexity index is 2190. The number of hydrogen-bond donors (Lipinski definition) is 0. The zero-order chi connectivity index (χ0) is 29.6. The molecule has 0 aliphatic heterocycles. The van der Waals surface area contributed by atoms with E-state index in [1.54, 1.807) is 0 Å². The fourth-order valence-corrected chi connectivity index (χ4v) is 6.51. The van der Waals surface area contributed by atoms with Crippen LogP contribution < -0.4 is 4.90 Å². The van der Waals surface area contributed by atoms with Gasteiger partial charge in [-0.2, -0.15) is 0 Å². The molecule has 2 heterocycles. The number of rotatable bonds is 6. The Morgan fingerprint density at radius 3 is 1.61 bits per heavy atom. The standard InChI is InChI=1S/C40H32N4/c1-28(2)42-39-19-11-8-16-36(39)41-40(42)29-20-22-31(23-21-29)43(30-12-4-3-5-13-30)32-24-26-33(27-25-32)44-37-17-9-6-14-34(37)35-15-7-10-18-38(35)44/h3-28H,1-2H3. The molecule has 212 valence electrons. The summed E-state index contributed by atoms with van der Waals surface area (Å²) < 4.78 is 4.68. The van der Waals surface area contributed by atoms with Crippen molar-refractivity contribution >= 4 is 49.9 Å². The van der Waals surface area contributed by atoms with E-state index in [4.69, 9.17) is 4.98 Å². The summed E-state index contributed by atoms with van der Waals surface area (Å²) in [6.07, 6.45) is 0. The van der Waals surface area contributed by atoms with Gasteiger partial charge in [0.25, 0.3) is 0 Å². The summed E-state index contributed by atoms with van der Waals surface area (Å²) in [5.41, 5.74) is 10.2. The van der Waals surface area contributed by atoms with Crippen LogP contribution in [0, 0.1) is 0 Å². The minimum Gasteiger partial charge on any atom is -0.321 e. The second-order valence-electron chi connectivity index (χ2n) is 11.5. The third kappa shape index (κ3) is 4.26. The molecule has 0 bridgehead atoms. The molecule has 8 aromatic rings. The van der Waals surface area contributed by atoms with Crippen molar-refractivity contribution < 1.29 is 0 Å². The SMILES string of the molecule is CC(C)n1c(-c2ccc(N(c3ccccc3)c3ccc(-n4c5ccccc5c5ccccc54)cc3)cc2)nc2ccccc21. The summed E-state index contributed by atoms with van der Waals surface area (Å²) in [6.45, 7) is 4.43. The number of para-hydroxylation sites is 5. The third-order valence-corrected chi connectivity index (χ3v) is 8.46. The first-order valence-electron chi connectivity index (χ1n) is 15.2. The van der Waals surface area contributed by atoms with Crippen LogP contribution >= 0.6 is 0 Å². The molecule has 4 heteroatoms. The fourth-order valence-electron chi connectivity index (χ4n) is 6.51. The molecule has 0 saturated carbocycles. The van der Waals surface area contributed by atoms with Gasteiger partial charge in [0, 0.05) is 45.1 Å². The smallest absolute Gasteiger partial charge is 0.141 e. The molecule has 0 unspecified atom stereocenters. The maximum atomic E-state index is 5.02. The highest BCUT2D eigenvalue weighted by Gasteiger charge is 2.18. The highest BCUT2D eigenvalue weighted by molar-refractivity contribution is 6.09. The monoisotopic (exact) mass is 568 g/mol. The molecule has 6 aromatic carbocycles. The van der Waals surface area contributed by atoms with Crippen LogP contribution in [-0.2, 0) is 0 Å². The van der Waals surface area contributed by atoms with E-state index in [9.17, 15) is 0 Å². The van der Waals surface area contributed by atoms with E-state index >= 15 is 0 Å². The lowest BCUT2D eigenvalue weighted by molar-refractivity contribution is 0.624. The second kappa shape index (κ2) is 10.6. The van der Waals surface area contributed by atoms with Crippen LogP contribution in [0.5, 0.6) is 0 Å². The Balaban J connectivity index is 1.21. The van der Waals surface area contributed by atoms with Gasteiger partial charge in [-0.15, -0.1) is 0 Å². The van der Waals surface area contributed by atoms with Gasteiger partial charge in [-0.3, -0.25) is 0 Å². The van der Waals surface area contributed by atoms with Crippen LogP contribution in [0.3, 0.4) is 0 Å². The Kier molecular flexibility index (Phi) is 6.27. The van der Waals surface area contributed by atoms with Crippen molar-refractivity contribution in [3.63, 3.8) is 0 Å². The molecule has 0 aliphatic rings. The van der Waals surface area contributed by atoms with Gasteiger partial charge in [0.05, 0.1) is 22.1 Å². The van der Waals surface area contributed by atoms with E-state index in [0.717, 1.165) is 45.2 Å². The molecule has 0 spiro atoms. The largest absolute Gasteiger partial charge is 0.321 e. The molecule has 0 fully saturated rings. The molecule has 0 aliphatic carbocycles. The first-order valence-corrected chi connectivity index (χ1v) is 15.2. The van der Waals surface area contributed by atoms with Gasteiger partial charge in [-0.1, -0.05) is 66.7 Å². The summed E-state index contributed by atoms with van der Waals surface area (Å²) in [5.74, 6) is 0.995. The Labute approximate surface area is 257 Å². The molecule has 0 N–H and O–H groups in total. The summed E-state index contributed by atoms with van der Waals surface area (Å²) in [6, 6.07) is 54.2. The summed E-state index contributed by atoms with van der Waals surface area (Å²) in [4.78, 5) is 7.33. The maximum Gasteiger partial charge on any atom is 0.141 e. The van der Waals surface area contributed by atoms with Crippen LogP contribution in [0.25, 0.3) is 49.9 Å². The number of fused-ring (bicyclic) bond motifs is 4. The summed E-state index contributed by atoms with van der Waals surface area (Å²) >= 11 is 0. The normalized spacial score (nSPS) is 11.6. The van der Waals surface area contributed by atoms with Crippen molar-refractivity contribution in [2.45, 2.75) is 19.9 Å². The molecule has 44 heavy (non-hydrogen) atoms. The average molecular weight is 569 g/mol. The number of imidazole rings is 1. The lowest BCUT2D eigenvalue weighted by Crippen LogP contribution is -2.10. The zero-order valence-electron chi connectivity index (χ0n) is 24.8. The van der Waals surface area contributed by atoms with Crippen molar-refractivity contribution in [3.8, 4) is 17.1 Å². The van der Waals surface area contributed by atoms with E-state index in [2.05, 4.69) is 180 Å². The summed E-state index contributed by atoms with van der Waals surface area (Å²) in [5, 5.41) is 2.54. The van der Waals surface area contributed by atoms with Crippen LogP contribution in [-0.4, -0.2) is 14.1 Å². The minimum absolute atomic E-state index is 0.297. The van der Waals surface area contributed by atoms with Gasteiger partial charge in [0.2, 0.25) is 0 Å². The fraction of sp³-hybridized carbons (Fsp3) is 0.0750. The maximum absolute atomic E-state index is 5.02. The predicted molar refractivity (Wildman–Crippen MR) is 185 cm³/mol. The van der Waals surface area contributed by atoms with Gasteiger partial charge in [-0.05, 0) is 98.8 Å². The number of nitrogens with zero attached hydrogens (tertiary/aromatic N) is 4. The van der Waals surface area contributed by atoms with E-state index in [1.807, 2.05) is 0 Å². The van der Waals surface area contributed by atoms with Gasteiger partial charge in [0.15, 0.2) is 0 Å². The van der Waals surface area contributed by atoms with Crippen molar-refractivity contribution in [2.75, 3.05) is 4.90 Å². The first-order chi connectivity index (χ1) is 21.7. The lowest BCUT2D eigenvalue weighted by atomic mass is 10.1. The molecule has 0 amide bonds. The van der Waals surface area contributed by atoms with Crippen LogP contribution in [0.15, 0.2) is 152 Å². The van der Waals surface area contributed by atoms with Crippen LogP contribution in [0.4, 0.5) is 17.1 Å². The second-order valence-corrected chi connectivity index (χ2v) is 11.5. The van der Waals surface area contributed by atoms with E-state index in [1.165, 1.54) is 21.8 Å². The molecule has 0 radical (unpaired) electrons. The Hall–Kier alpha value is -5.61. The lowest BCUT2D eigenvalue weighted by Gasteiger charge is -2.26. The molecule has 8 rings (SSSR count). The Morgan fingerprint density at radius 1 is 0.500 bits per heavy atom. The molecular formula is C40H32N4. The molecule has 4 nitrogen and oxygen atoms in total. The first kappa shape index (κ1) is 26.1. The van der Waals surface area contributed by atoms with Crippen molar-refractivity contribution in [1.29, 1.82) is 0 Å². The van der Waals surface area contributed by atoms with Crippen LogP contribution in [0.1, 0.15) is 19.9 Å². The quantitative estimate of drug-likeness (QED) is 0.199. The van der Waals surface area contributed by atoms with Crippen LogP contribution in [0.2, 0.25) is 0 Å². The molecule has 0 saturated heterocycles. The van der Waals surface area contributed by atoms with E-state index < -0.39 is 0 Å². The number of aromatic nitrogens is 3. The third-order valence-electron chi connectivity index (χ3n) is 8.46. The molecule has 0 atom stereocenters. The summed E-state index contributed by atoms with van der Waals surface area (Å²) in [7, 11) is 0. The molecular weight excluding hydrogens is 536 g/mol. The van der Waals surface area contributed by atoms with Gasteiger partial charge in [-0.25, -0.2) is 4.98 Å². The minimum atomic E-state index is 0.297. The molecule has 2 aromatic heterocycles. The van der Waals surface area contributed by atoms with Gasteiger partial charge in [0.1, 0.15) is 5.82 Å². The van der Waals surface area contributed by atoms with Gasteiger partial charge < -0.3 is 14.0 Å². The predicted octanol–water partition coefficient (Wildman–Crippen LogP) is 10.9. The van der Waals surface area contributed by atoms with Crippen molar-refractivity contribution in [2.24, 2.45) is 0 Å². The van der Waals surface area contributed by atoms with E-state index in [-0.39, 0.29) is 0 Å². The van der Waals surface area contributed by atoms with Crippen molar-refractivity contribution in [1.82, 2.24) is 14.1 Å². The van der Waals surface area contributed by atoms with E-state index in [0.29, 0.717) is 6.04 Å². The number of benzene rings is 6. The highest BCUT2D eigenvalue weighted by Crippen LogP contribution is 2.38. The van der Waals surface area contributed by atoms with Crippen molar-refractivity contribution in [3.05, 3.63) is 152 Å².